The minimum Gasteiger partial charge on any atom is -0.350 e. The van der Waals surface area contributed by atoms with E-state index < -0.39 is 0 Å². The number of thioether (sulfide) groups is 1. The Morgan fingerprint density at radius 2 is 1.78 bits per heavy atom. The number of hydrogen-bond acceptors (Lipinski definition) is 4. The summed E-state index contributed by atoms with van der Waals surface area (Å²) in [5, 5.41) is 2.41. The fraction of sp³-hybridized carbons (Fsp3) is 0.150. The van der Waals surface area contributed by atoms with Gasteiger partial charge in [0.25, 0.3) is 17.1 Å². The maximum Gasteiger partial charge on any atom is 0.293 e. The molecule has 5 nitrogen and oxygen atoms in total. The number of imide groups is 1. The van der Waals surface area contributed by atoms with Crippen LogP contribution in [0, 0.1) is 6.92 Å². The third-order valence-corrected chi connectivity index (χ3v) is 5.41. The van der Waals surface area contributed by atoms with E-state index in [-0.39, 0.29) is 30.1 Å². The molecule has 3 amide bonds. The van der Waals surface area contributed by atoms with Crippen LogP contribution in [0.15, 0.2) is 57.9 Å². The number of nitrogens with one attached hydrogen (secondary N) is 1. The molecule has 0 spiro atoms. The number of hydrogen-bond donors (Lipinski definition) is 1. The van der Waals surface area contributed by atoms with Crippen LogP contribution in [-0.4, -0.2) is 35.0 Å². The molecule has 0 radical (unpaired) electrons. The summed E-state index contributed by atoms with van der Waals surface area (Å²) in [7, 11) is 0. The van der Waals surface area contributed by atoms with Crippen molar-refractivity contribution >= 4 is 50.8 Å². The van der Waals surface area contributed by atoms with Crippen molar-refractivity contribution in [2.45, 2.75) is 6.92 Å². The number of amides is 3. The summed E-state index contributed by atoms with van der Waals surface area (Å²) in [5.41, 5.74) is 2.52. The zero-order valence-electron chi connectivity index (χ0n) is 14.6. The molecule has 0 aromatic heterocycles. The molecule has 0 saturated carbocycles. The van der Waals surface area contributed by atoms with E-state index in [0.717, 1.165) is 32.3 Å². The molecule has 1 N–H and O–H groups in total. The molecule has 7 heteroatoms. The molecule has 2 aromatic rings. The third kappa shape index (κ3) is 4.87. The fourth-order valence-electron chi connectivity index (χ4n) is 2.49. The zero-order valence-corrected chi connectivity index (χ0v) is 17.0. The predicted octanol–water partition coefficient (Wildman–Crippen LogP) is 4.22. The van der Waals surface area contributed by atoms with Crippen LogP contribution in [0.5, 0.6) is 0 Å². The fourth-order valence-corrected chi connectivity index (χ4v) is 3.62. The summed E-state index contributed by atoms with van der Waals surface area (Å²) in [4.78, 5) is 38.2. The number of aryl methyl sites for hydroxylation is 1. The highest BCUT2D eigenvalue weighted by Gasteiger charge is 2.34. The summed E-state index contributed by atoms with van der Waals surface area (Å²) in [6.45, 7) is 2.32. The lowest BCUT2D eigenvalue weighted by molar-refractivity contribution is -0.122. The lowest BCUT2D eigenvalue weighted by atomic mass is 10.1. The highest BCUT2D eigenvalue weighted by molar-refractivity contribution is 9.10. The predicted molar refractivity (Wildman–Crippen MR) is 110 cm³/mol. The molecular weight excluding hydrogens is 428 g/mol. The minimum atomic E-state index is -0.330. The van der Waals surface area contributed by atoms with Gasteiger partial charge in [-0.05, 0) is 54.6 Å². The maximum atomic E-state index is 12.5. The van der Waals surface area contributed by atoms with Crippen molar-refractivity contribution in [3.63, 3.8) is 0 Å². The molecule has 1 saturated heterocycles. The van der Waals surface area contributed by atoms with Gasteiger partial charge in [0.15, 0.2) is 0 Å². The van der Waals surface area contributed by atoms with Crippen LogP contribution in [0.2, 0.25) is 0 Å². The summed E-state index contributed by atoms with van der Waals surface area (Å²) in [5.74, 6) is -0.576. The van der Waals surface area contributed by atoms with E-state index in [1.54, 1.807) is 30.3 Å². The van der Waals surface area contributed by atoms with E-state index in [1.165, 1.54) is 0 Å². The van der Waals surface area contributed by atoms with E-state index >= 15 is 0 Å². The van der Waals surface area contributed by atoms with Gasteiger partial charge in [-0.15, -0.1) is 0 Å². The monoisotopic (exact) mass is 444 g/mol. The summed E-state index contributed by atoms with van der Waals surface area (Å²) in [6, 6.07) is 14.7. The van der Waals surface area contributed by atoms with Crippen molar-refractivity contribution in [1.29, 1.82) is 0 Å². The Labute approximate surface area is 169 Å². The molecule has 1 aliphatic heterocycles. The molecule has 1 fully saturated rings. The highest BCUT2D eigenvalue weighted by Crippen LogP contribution is 2.31. The number of benzene rings is 2. The van der Waals surface area contributed by atoms with E-state index in [2.05, 4.69) is 21.2 Å². The molecule has 0 atom stereocenters. The first kappa shape index (κ1) is 19.4. The SMILES string of the molecule is Cc1ccc(C=C2SC(=O)N(CCNC(=O)c3ccc(Br)cc3)C2=O)cc1. The Hall–Kier alpha value is -2.38. The molecule has 0 aliphatic carbocycles. The van der Waals surface area contributed by atoms with Gasteiger partial charge in [-0.1, -0.05) is 45.8 Å². The van der Waals surface area contributed by atoms with Gasteiger partial charge in [-0.3, -0.25) is 19.3 Å². The normalized spacial score (nSPS) is 15.5. The van der Waals surface area contributed by atoms with Crippen LogP contribution < -0.4 is 5.32 Å². The second kappa shape index (κ2) is 8.54. The quantitative estimate of drug-likeness (QED) is 0.700. The van der Waals surface area contributed by atoms with Crippen LogP contribution in [0.25, 0.3) is 6.08 Å². The topological polar surface area (TPSA) is 66.5 Å². The molecule has 138 valence electrons. The molecule has 3 rings (SSSR count). The first-order chi connectivity index (χ1) is 12.9. The summed E-state index contributed by atoms with van der Waals surface area (Å²) >= 11 is 4.24. The van der Waals surface area contributed by atoms with Crippen molar-refractivity contribution in [2.75, 3.05) is 13.1 Å². The van der Waals surface area contributed by atoms with Crippen molar-refractivity contribution in [2.24, 2.45) is 0 Å². The largest absolute Gasteiger partial charge is 0.350 e. The summed E-state index contributed by atoms with van der Waals surface area (Å²) < 4.78 is 0.886. The Morgan fingerprint density at radius 3 is 2.44 bits per heavy atom. The van der Waals surface area contributed by atoms with Gasteiger partial charge in [-0.25, -0.2) is 0 Å². The molecule has 0 bridgehead atoms. The van der Waals surface area contributed by atoms with Crippen LogP contribution in [0.4, 0.5) is 4.79 Å². The lowest BCUT2D eigenvalue weighted by Gasteiger charge is -2.13. The van der Waals surface area contributed by atoms with E-state index in [1.807, 2.05) is 31.2 Å². The van der Waals surface area contributed by atoms with E-state index in [0.29, 0.717) is 10.5 Å². The van der Waals surface area contributed by atoms with Crippen molar-refractivity contribution in [3.8, 4) is 0 Å². The average molecular weight is 445 g/mol. The summed E-state index contributed by atoms with van der Waals surface area (Å²) in [6.07, 6.45) is 1.71. The van der Waals surface area contributed by atoms with Crippen LogP contribution in [0.3, 0.4) is 0 Å². The Morgan fingerprint density at radius 1 is 1.11 bits per heavy atom. The average Bonchev–Trinajstić information content (AvgIpc) is 2.91. The van der Waals surface area contributed by atoms with Crippen LogP contribution in [-0.2, 0) is 4.79 Å². The second-order valence-corrected chi connectivity index (χ2v) is 7.92. The second-order valence-electron chi connectivity index (χ2n) is 6.01. The zero-order chi connectivity index (χ0) is 19.4. The number of carbonyl (C=O) groups excluding carboxylic acids is 3. The van der Waals surface area contributed by atoms with Gasteiger partial charge in [-0.2, -0.15) is 0 Å². The van der Waals surface area contributed by atoms with Gasteiger partial charge < -0.3 is 5.32 Å². The Balaban J connectivity index is 1.58. The molecule has 2 aromatic carbocycles. The van der Waals surface area contributed by atoms with Gasteiger partial charge in [0.05, 0.1) is 4.91 Å². The van der Waals surface area contributed by atoms with E-state index in [4.69, 9.17) is 0 Å². The van der Waals surface area contributed by atoms with Crippen molar-refractivity contribution in [1.82, 2.24) is 10.2 Å². The third-order valence-electron chi connectivity index (χ3n) is 3.98. The van der Waals surface area contributed by atoms with Gasteiger partial charge in [0.2, 0.25) is 0 Å². The number of rotatable bonds is 5. The van der Waals surface area contributed by atoms with Crippen LogP contribution >= 0.6 is 27.7 Å². The van der Waals surface area contributed by atoms with Gasteiger partial charge in [0.1, 0.15) is 0 Å². The minimum absolute atomic E-state index is 0.137. The van der Waals surface area contributed by atoms with Crippen LogP contribution in [0.1, 0.15) is 21.5 Å². The first-order valence-corrected chi connectivity index (χ1v) is 9.91. The first-order valence-electron chi connectivity index (χ1n) is 8.30. The number of carbonyl (C=O) groups is 3. The molecule has 27 heavy (non-hydrogen) atoms. The lowest BCUT2D eigenvalue weighted by Crippen LogP contribution is -2.37. The Kier molecular flexibility index (Phi) is 6.13. The van der Waals surface area contributed by atoms with Crippen molar-refractivity contribution < 1.29 is 14.4 Å². The van der Waals surface area contributed by atoms with E-state index in [9.17, 15) is 14.4 Å². The Bertz CT molecular complexity index is 908. The molecule has 1 heterocycles. The molecular formula is C20H17BrN2O3S. The molecule has 1 aliphatic rings. The standard InChI is InChI=1S/C20H17BrN2O3S/c1-13-2-4-14(5-3-13)12-17-19(25)23(20(26)27-17)11-10-22-18(24)15-6-8-16(21)9-7-15/h2-9,12H,10-11H2,1H3,(H,22,24). The number of halogens is 1. The number of nitrogens with zero attached hydrogens (tertiary/aromatic N) is 1. The van der Waals surface area contributed by atoms with Crippen molar-refractivity contribution in [3.05, 3.63) is 74.6 Å². The van der Waals surface area contributed by atoms with Gasteiger partial charge in [0, 0.05) is 23.1 Å². The maximum absolute atomic E-state index is 12.5. The van der Waals surface area contributed by atoms with Gasteiger partial charge >= 0.3 is 0 Å². The smallest absolute Gasteiger partial charge is 0.293 e. The highest BCUT2D eigenvalue weighted by atomic mass is 79.9. The molecule has 0 unspecified atom stereocenters.